The fourth-order valence-corrected chi connectivity index (χ4v) is 8.80. The molecule has 0 saturated carbocycles. The van der Waals surface area contributed by atoms with Gasteiger partial charge in [-0.25, -0.2) is 0 Å². The van der Waals surface area contributed by atoms with Gasteiger partial charge in [-0.3, -0.25) is 4.79 Å². The van der Waals surface area contributed by atoms with Crippen LogP contribution >= 0.6 is 31.9 Å². The van der Waals surface area contributed by atoms with Crippen molar-refractivity contribution in [2.24, 2.45) is 0 Å². The largest absolute Gasteiger partial charge is 0.289 e. The van der Waals surface area contributed by atoms with Gasteiger partial charge in [0.05, 0.1) is 0 Å². The fourth-order valence-electron chi connectivity index (χ4n) is 8.27. The van der Waals surface area contributed by atoms with Gasteiger partial charge in [-0.15, -0.1) is 0 Å². The summed E-state index contributed by atoms with van der Waals surface area (Å²) in [5.74, 6) is 0.0866. The van der Waals surface area contributed by atoms with Gasteiger partial charge < -0.3 is 0 Å². The topological polar surface area (TPSA) is 17.1 Å². The standard InChI is InChI=1S/C53H66Br2O/c1-3-5-7-9-11-13-15-17-19-21-23-41-25-29-43(30-26-41)49-50(44-31-27-42(28-32-44)24-22-20-18-16-14-12-10-8-6-4-2)52(46-35-39-48(55)40-36-46)53(56)51(49)45-33-37-47(54)38-34-45/h25-40H,3-24H2,1-2H3. The van der Waals surface area contributed by atoms with E-state index in [4.69, 9.17) is 0 Å². The smallest absolute Gasteiger partial charge is 0.195 e. The van der Waals surface area contributed by atoms with Crippen LogP contribution < -0.4 is 0 Å². The second-order valence-corrected chi connectivity index (χ2v) is 17.9. The average Bonchev–Trinajstić information content (AvgIpc) is 3.52. The number of Topliss-reactive ketones (excluding diaryl/α,β-unsaturated/α-hetero) is 1. The van der Waals surface area contributed by atoms with Gasteiger partial charge in [0.1, 0.15) is 0 Å². The summed E-state index contributed by atoms with van der Waals surface area (Å²) in [5, 5.41) is 0. The number of ketones is 1. The quantitative estimate of drug-likeness (QED) is 0.0575. The Labute approximate surface area is 357 Å². The van der Waals surface area contributed by atoms with Crippen molar-refractivity contribution in [2.75, 3.05) is 0 Å². The molecule has 0 spiro atoms. The Morgan fingerprint density at radius 2 is 0.571 bits per heavy atom. The Balaban J connectivity index is 1.34. The first-order chi connectivity index (χ1) is 27.5. The highest BCUT2D eigenvalue weighted by Gasteiger charge is 2.35. The van der Waals surface area contributed by atoms with Crippen molar-refractivity contribution in [1.82, 2.24) is 0 Å². The van der Waals surface area contributed by atoms with Crippen molar-refractivity contribution in [3.8, 4) is 0 Å². The molecule has 0 atom stereocenters. The number of halogens is 2. The van der Waals surface area contributed by atoms with Crippen LogP contribution in [0.3, 0.4) is 0 Å². The molecule has 0 N–H and O–H groups in total. The Morgan fingerprint density at radius 3 is 0.875 bits per heavy atom. The molecule has 56 heavy (non-hydrogen) atoms. The monoisotopic (exact) mass is 876 g/mol. The van der Waals surface area contributed by atoms with Gasteiger partial charge in [0.15, 0.2) is 5.78 Å². The van der Waals surface area contributed by atoms with Gasteiger partial charge in [-0.2, -0.15) is 0 Å². The van der Waals surface area contributed by atoms with Crippen molar-refractivity contribution in [1.29, 1.82) is 0 Å². The molecule has 5 rings (SSSR count). The molecule has 4 aromatic carbocycles. The molecule has 0 amide bonds. The molecule has 1 nitrogen and oxygen atoms in total. The van der Waals surface area contributed by atoms with Crippen molar-refractivity contribution in [2.45, 2.75) is 155 Å². The van der Waals surface area contributed by atoms with Crippen LogP contribution in [0.15, 0.2) is 106 Å². The maximum absolute atomic E-state index is 14.9. The van der Waals surface area contributed by atoms with Crippen LogP contribution in [-0.2, 0) is 17.6 Å². The van der Waals surface area contributed by atoms with Gasteiger partial charge in [-0.1, -0.05) is 234 Å². The predicted octanol–water partition coefficient (Wildman–Crippen LogP) is 17.2. The molecule has 4 aromatic rings. The number of rotatable bonds is 26. The van der Waals surface area contributed by atoms with Gasteiger partial charge in [0.25, 0.3) is 0 Å². The Kier molecular flexibility index (Phi) is 19.4. The first-order valence-corrected chi connectivity index (χ1v) is 23.8. The number of carbonyl (C=O) groups is 1. The summed E-state index contributed by atoms with van der Waals surface area (Å²) in [5.41, 5.74) is 10.5. The van der Waals surface area contributed by atoms with Crippen molar-refractivity contribution in [3.05, 3.63) is 139 Å². The highest BCUT2D eigenvalue weighted by atomic mass is 79.9. The highest BCUT2D eigenvalue weighted by Crippen LogP contribution is 2.50. The van der Waals surface area contributed by atoms with E-state index in [0.29, 0.717) is 0 Å². The van der Waals surface area contributed by atoms with E-state index in [1.807, 2.05) is 24.3 Å². The summed E-state index contributed by atoms with van der Waals surface area (Å²) >= 11 is 7.25. The number of aryl methyl sites for hydroxylation is 2. The lowest BCUT2D eigenvalue weighted by atomic mass is 9.88. The molecule has 0 fully saturated rings. The minimum Gasteiger partial charge on any atom is -0.289 e. The third kappa shape index (κ3) is 13.5. The first kappa shape index (κ1) is 44.1. The molecule has 3 heteroatoms. The van der Waals surface area contributed by atoms with Crippen LogP contribution in [0.2, 0.25) is 0 Å². The molecule has 0 aliphatic heterocycles. The number of allylic oxidation sites excluding steroid dienone is 4. The third-order valence-corrected chi connectivity index (χ3v) is 12.7. The van der Waals surface area contributed by atoms with Crippen LogP contribution in [0.5, 0.6) is 0 Å². The van der Waals surface area contributed by atoms with Crippen molar-refractivity contribution >= 4 is 59.9 Å². The maximum atomic E-state index is 14.9. The first-order valence-electron chi connectivity index (χ1n) is 22.2. The summed E-state index contributed by atoms with van der Waals surface area (Å²) in [6, 6.07) is 34.7. The molecule has 1 aliphatic carbocycles. The normalized spacial score (nSPS) is 13.0. The SMILES string of the molecule is CCCCCCCCCCCCc1ccc(C2=C(c3ccc(Br)cc3)C(=O)C(c3ccc(Br)cc3)=C2c2ccc(CCCCCCCCCCCC)cc2)cc1. The Morgan fingerprint density at radius 1 is 0.321 bits per heavy atom. The lowest BCUT2D eigenvalue weighted by Crippen LogP contribution is -2.02. The lowest BCUT2D eigenvalue weighted by Gasteiger charge is -2.15. The van der Waals surface area contributed by atoms with Crippen LogP contribution in [0, 0.1) is 0 Å². The van der Waals surface area contributed by atoms with E-state index in [2.05, 4.69) is 119 Å². The number of carbonyl (C=O) groups excluding carboxylic acids is 1. The Hall–Kier alpha value is -3.01. The molecule has 0 bridgehead atoms. The van der Waals surface area contributed by atoms with E-state index in [0.717, 1.165) is 66.3 Å². The van der Waals surface area contributed by atoms with Crippen LogP contribution in [0.4, 0.5) is 0 Å². The summed E-state index contributed by atoms with van der Waals surface area (Å²) < 4.78 is 2.01. The number of benzene rings is 4. The zero-order valence-electron chi connectivity index (χ0n) is 34.5. The summed E-state index contributed by atoms with van der Waals surface area (Å²) in [6.07, 6.45) is 29.2. The molecule has 0 heterocycles. The number of hydrogen-bond donors (Lipinski definition) is 0. The second kappa shape index (κ2) is 24.7. The molecular weight excluding hydrogens is 812 g/mol. The van der Waals surface area contributed by atoms with Gasteiger partial charge >= 0.3 is 0 Å². The molecular formula is C53H66Br2O. The summed E-state index contributed by atoms with van der Waals surface area (Å²) in [6.45, 7) is 4.58. The minimum atomic E-state index is 0.0866. The van der Waals surface area contributed by atoms with Gasteiger partial charge in [0, 0.05) is 31.2 Å². The number of unbranched alkanes of at least 4 members (excludes halogenated alkanes) is 18. The predicted molar refractivity (Wildman–Crippen MR) is 251 cm³/mol. The van der Waals surface area contributed by atoms with E-state index in [-0.39, 0.29) is 5.78 Å². The second-order valence-electron chi connectivity index (χ2n) is 16.1. The summed E-state index contributed by atoms with van der Waals surface area (Å²) in [4.78, 5) is 14.9. The molecule has 0 radical (unpaired) electrons. The molecule has 0 unspecified atom stereocenters. The van der Waals surface area contributed by atoms with Crippen molar-refractivity contribution in [3.63, 3.8) is 0 Å². The van der Waals surface area contributed by atoms with E-state index in [1.54, 1.807) is 0 Å². The lowest BCUT2D eigenvalue weighted by molar-refractivity contribution is -0.108. The van der Waals surface area contributed by atoms with Gasteiger partial charge in [0.2, 0.25) is 0 Å². The molecule has 0 saturated heterocycles. The van der Waals surface area contributed by atoms with E-state index in [9.17, 15) is 4.79 Å². The van der Waals surface area contributed by atoms with E-state index in [1.165, 1.54) is 140 Å². The molecule has 0 aromatic heterocycles. The van der Waals surface area contributed by atoms with Crippen LogP contribution in [-0.4, -0.2) is 5.78 Å². The fraction of sp³-hybridized carbons (Fsp3) is 0.453. The van der Waals surface area contributed by atoms with E-state index >= 15 is 0 Å². The van der Waals surface area contributed by atoms with Crippen LogP contribution in [0.25, 0.3) is 22.3 Å². The number of hydrogen-bond acceptors (Lipinski definition) is 1. The van der Waals surface area contributed by atoms with Gasteiger partial charge in [-0.05, 0) is 83.3 Å². The van der Waals surface area contributed by atoms with Crippen LogP contribution in [0.1, 0.15) is 176 Å². The maximum Gasteiger partial charge on any atom is 0.195 e. The molecule has 298 valence electrons. The highest BCUT2D eigenvalue weighted by molar-refractivity contribution is 9.10. The minimum absolute atomic E-state index is 0.0866. The molecule has 1 aliphatic rings. The zero-order valence-corrected chi connectivity index (χ0v) is 37.6. The Bertz CT molecular complexity index is 1680. The summed E-state index contributed by atoms with van der Waals surface area (Å²) in [7, 11) is 0. The van der Waals surface area contributed by atoms with E-state index < -0.39 is 0 Å². The van der Waals surface area contributed by atoms with Crippen molar-refractivity contribution < 1.29 is 4.79 Å². The average molecular weight is 879 g/mol. The third-order valence-electron chi connectivity index (χ3n) is 11.6. The zero-order chi connectivity index (χ0) is 39.4.